The molecule has 0 aromatic heterocycles. The van der Waals surface area contributed by atoms with Gasteiger partial charge < -0.3 is 15.1 Å². The quantitative estimate of drug-likeness (QED) is 0.338. The number of rotatable bonds is 8. The first-order valence-corrected chi connectivity index (χ1v) is 14.8. The van der Waals surface area contributed by atoms with Gasteiger partial charge in [0.1, 0.15) is 24.1 Å². The van der Waals surface area contributed by atoms with Gasteiger partial charge in [-0.2, -0.15) is 0 Å². The van der Waals surface area contributed by atoms with Gasteiger partial charge in [0, 0.05) is 28.9 Å². The third-order valence-electron chi connectivity index (χ3n) is 7.04. The average molecular weight is 596 g/mol. The van der Waals surface area contributed by atoms with Gasteiger partial charge in [-0.1, -0.05) is 62.0 Å². The number of nitrogens with one attached hydrogen (secondary N) is 1. The highest BCUT2D eigenvalue weighted by molar-refractivity contribution is 7.97. The van der Waals surface area contributed by atoms with Crippen LogP contribution in [0.3, 0.4) is 0 Å². The molecule has 5 rings (SSSR count). The van der Waals surface area contributed by atoms with Crippen molar-refractivity contribution in [2.45, 2.75) is 75.1 Å². The highest BCUT2D eigenvalue weighted by atomic mass is 35.5. The summed E-state index contributed by atoms with van der Waals surface area (Å²) >= 11 is 13.9. The molecule has 11 heteroatoms. The van der Waals surface area contributed by atoms with Crippen LogP contribution < -0.4 is 5.32 Å². The lowest BCUT2D eigenvalue weighted by molar-refractivity contribution is -0.167. The van der Waals surface area contributed by atoms with Crippen LogP contribution in [0, 0.1) is 5.82 Å². The fourth-order valence-electron chi connectivity index (χ4n) is 4.69. The lowest BCUT2D eigenvalue weighted by atomic mass is 9.97. The van der Waals surface area contributed by atoms with Gasteiger partial charge in [-0.05, 0) is 60.7 Å². The standard InChI is InChI=1S/C24H23Cl2FN4O3S.C4H10/c25-15-3-8-21(18(26)10-15)35-30-11-19(28-13-32)23(33)31-20(9-14-1-4-16(27)5-2-14)24(34)29(12-22(30)31)17-6-7-17;1-3-4-2/h1-5,8,10,13,17,19-20,22H,6-7,9,11-12H2,(H,28,32);3-4H2,1-2H3. The summed E-state index contributed by atoms with van der Waals surface area (Å²) in [7, 11) is 0. The summed E-state index contributed by atoms with van der Waals surface area (Å²) in [5.41, 5.74) is 0.749. The molecular weight excluding hydrogens is 562 g/mol. The second-order valence-electron chi connectivity index (χ2n) is 9.90. The molecule has 1 N–H and O–H groups in total. The fraction of sp³-hybridized carbons (Fsp3) is 0.464. The van der Waals surface area contributed by atoms with Crippen molar-refractivity contribution in [3.8, 4) is 0 Å². The lowest BCUT2D eigenvalue weighted by Crippen LogP contribution is -2.74. The summed E-state index contributed by atoms with van der Waals surface area (Å²) in [6, 6.07) is 9.71. The summed E-state index contributed by atoms with van der Waals surface area (Å²) in [4.78, 5) is 42.7. The van der Waals surface area contributed by atoms with Crippen molar-refractivity contribution in [2.75, 3.05) is 13.1 Å². The molecule has 0 bridgehead atoms. The van der Waals surface area contributed by atoms with E-state index in [-0.39, 0.29) is 36.6 Å². The van der Waals surface area contributed by atoms with Crippen LogP contribution >= 0.6 is 35.1 Å². The Hall–Kier alpha value is -2.33. The number of piperazine rings is 1. The molecule has 3 aliphatic rings. The third-order valence-corrected chi connectivity index (χ3v) is 8.88. The number of carbonyl (C=O) groups excluding carboxylic acids is 3. The Morgan fingerprint density at radius 2 is 1.72 bits per heavy atom. The van der Waals surface area contributed by atoms with Crippen molar-refractivity contribution in [3.63, 3.8) is 0 Å². The maximum atomic E-state index is 13.6. The molecule has 210 valence electrons. The van der Waals surface area contributed by atoms with Crippen LogP contribution in [0.15, 0.2) is 47.4 Å². The van der Waals surface area contributed by atoms with E-state index in [4.69, 9.17) is 23.2 Å². The number of benzene rings is 2. The van der Waals surface area contributed by atoms with E-state index < -0.39 is 18.2 Å². The minimum Gasteiger partial charge on any atom is -0.346 e. The Bertz CT molecular complexity index is 1180. The lowest BCUT2D eigenvalue weighted by Gasteiger charge is -2.53. The number of hydrogen-bond acceptors (Lipinski definition) is 5. The van der Waals surface area contributed by atoms with Gasteiger partial charge in [0.2, 0.25) is 18.2 Å². The van der Waals surface area contributed by atoms with Gasteiger partial charge in [-0.3, -0.25) is 14.4 Å². The molecular formula is C28H33Cl2FN4O3S. The predicted molar refractivity (Wildman–Crippen MR) is 152 cm³/mol. The van der Waals surface area contributed by atoms with Crippen LogP contribution in [0.2, 0.25) is 10.0 Å². The van der Waals surface area contributed by atoms with Gasteiger partial charge in [0.15, 0.2) is 0 Å². The maximum Gasteiger partial charge on any atom is 0.248 e. The zero-order valence-corrected chi connectivity index (χ0v) is 24.3. The maximum absolute atomic E-state index is 13.6. The van der Waals surface area contributed by atoms with Gasteiger partial charge in [-0.15, -0.1) is 0 Å². The Kier molecular flexibility index (Phi) is 10.1. The largest absolute Gasteiger partial charge is 0.346 e. The molecule has 0 radical (unpaired) electrons. The summed E-state index contributed by atoms with van der Waals surface area (Å²) in [6.45, 7) is 4.97. The second kappa shape index (κ2) is 13.4. The van der Waals surface area contributed by atoms with Gasteiger partial charge in [0.25, 0.3) is 0 Å². The first-order chi connectivity index (χ1) is 18.8. The van der Waals surface area contributed by atoms with E-state index in [0.29, 0.717) is 23.0 Å². The smallest absolute Gasteiger partial charge is 0.248 e. The zero-order valence-electron chi connectivity index (χ0n) is 22.0. The third kappa shape index (κ3) is 7.06. The van der Waals surface area contributed by atoms with Crippen LogP contribution in [0.5, 0.6) is 0 Å². The Morgan fingerprint density at radius 1 is 1.03 bits per heavy atom. The SMILES string of the molecule is CCCC.O=CNC1CN(Sc2ccc(Cl)cc2Cl)C2CN(C3CC3)C(=O)C(Cc3ccc(F)cc3)N2C1=O. The number of hydrogen-bond donors (Lipinski definition) is 1. The normalized spacial score (nSPS) is 23.2. The van der Waals surface area contributed by atoms with Crippen molar-refractivity contribution in [1.82, 2.24) is 19.4 Å². The molecule has 2 aromatic rings. The van der Waals surface area contributed by atoms with E-state index in [9.17, 15) is 18.8 Å². The topological polar surface area (TPSA) is 73.0 Å². The predicted octanol–water partition coefficient (Wildman–Crippen LogP) is 5.15. The van der Waals surface area contributed by atoms with Crippen molar-refractivity contribution in [3.05, 3.63) is 63.9 Å². The zero-order chi connectivity index (χ0) is 28.1. The molecule has 3 amide bonds. The number of carbonyl (C=O) groups is 3. The van der Waals surface area contributed by atoms with Crippen LogP contribution in [0.25, 0.3) is 0 Å². The van der Waals surface area contributed by atoms with Gasteiger partial charge >= 0.3 is 0 Å². The van der Waals surface area contributed by atoms with E-state index in [1.807, 2.05) is 9.21 Å². The first-order valence-electron chi connectivity index (χ1n) is 13.2. The summed E-state index contributed by atoms with van der Waals surface area (Å²) in [6.07, 6.45) is 4.83. The molecule has 2 heterocycles. The fourth-order valence-corrected chi connectivity index (χ4v) is 6.24. The van der Waals surface area contributed by atoms with Crippen molar-refractivity contribution >= 4 is 53.4 Å². The van der Waals surface area contributed by atoms with Crippen molar-refractivity contribution < 1.29 is 18.8 Å². The second-order valence-corrected chi connectivity index (χ2v) is 11.8. The molecule has 3 unspecified atom stereocenters. The van der Waals surface area contributed by atoms with Crippen LogP contribution in [0.1, 0.15) is 45.1 Å². The Balaban J connectivity index is 0.000000826. The number of nitrogens with zero attached hydrogens (tertiary/aromatic N) is 3. The van der Waals surface area contributed by atoms with Crippen molar-refractivity contribution in [2.24, 2.45) is 0 Å². The number of fused-ring (bicyclic) bond motifs is 1. The van der Waals surface area contributed by atoms with Crippen LogP contribution in [-0.4, -0.2) is 69.7 Å². The number of unbranched alkanes of at least 4 members (excludes halogenated alkanes) is 1. The van der Waals surface area contributed by atoms with E-state index in [2.05, 4.69) is 19.2 Å². The van der Waals surface area contributed by atoms with Gasteiger partial charge in [0.05, 0.1) is 11.6 Å². The van der Waals surface area contributed by atoms with E-state index >= 15 is 0 Å². The molecule has 2 aromatic carbocycles. The summed E-state index contributed by atoms with van der Waals surface area (Å²) in [5, 5.41) is 3.59. The molecule has 1 aliphatic carbocycles. The molecule has 2 aliphatic heterocycles. The molecule has 3 fully saturated rings. The monoisotopic (exact) mass is 594 g/mol. The number of halogens is 3. The number of amides is 3. The first kappa shape index (κ1) is 29.6. The minimum atomic E-state index is -0.821. The van der Waals surface area contributed by atoms with Gasteiger partial charge in [-0.25, -0.2) is 8.70 Å². The van der Waals surface area contributed by atoms with E-state index in [1.54, 1.807) is 35.2 Å². The molecule has 39 heavy (non-hydrogen) atoms. The minimum absolute atomic E-state index is 0.123. The summed E-state index contributed by atoms with van der Waals surface area (Å²) < 4.78 is 15.5. The average Bonchev–Trinajstić information content (AvgIpc) is 3.76. The highest BCUT2D eigenvalue weighted by Crippen LogP contribution is 2.40. The van der Waals surface area contributed by atoms with Crippen LogP contribution in [0.4, 0.5) is 4.39 Å². The molecule has 0 spiro atoms. The van der Waals surface area contributed by atoms with Crippen LogP contribution in [-0.2, 0) is 20.8 Å². The molecule has 2 saturated heterocycles. The summed E-state index contributed by atoms with van der Waals surface area (Å²) in [5.74, 6) is -0.798. The molecule has 3 atom stereocenters. The van der Waals surface area contributed by atoms with E-state index in [0.717, 1.165) is 23.3 Å². The Labute approximate surface area is 243 Å². The molecule has 7 nitrogen and oxygen atoms in total. The highest BCUT2D eigenvalue weighted by Gasteiger charge is 2.53. The van der Waals surface area contributed by atoms with Crippen molar-refractivity contribution in [1.29, 1.82) is 0 Å². The van der Waals surface area contributed by atoms with E-state index in [1.165, 1.54) is 36.9 Å². The molecule has 1 saturated carbocycles. The Morgan fingerprint density at radius 3 is 2.31 bits per heavy atom.